The van der Waals surface area contributed by atoms with Crippen molar-refractivity contribution in [2.75, 3.05) is 13.7 Å². The van der Waals surface area contributed by atoms with Crippen LogP contribution < -0.4 is 10.1 Å². The fourth-order valence-electron chi connectivity index (χ4n) is 1.96. The molecule has 1 aromatic carbocycles. The largest absolute Gasteiger partial charge is 0.497 e. The van der Waals surface area contributed by atoms with Crippen molar-refractivity contribution in [3.05, 3.63) is 50.4 Å². The highest BCUT2D eigenvalue weighted by atomic mass is 79.9. The van der Waals surface area contributed by atoms with Crippen molar-refractivity contribution in [1.82, 2.24) is 5.32 Å². The minimum Gasteiger partial charge on any atom is -0.497 e. The van der Waals surface area contributed by atoms with E-state index in [2.05, 4.69) is 21.2 Å². The van der Waals surface area contributed by atoms with Gasteiger partial charge in [0.25, 0.3) is 0 Å². The highest BCUT2D eigenvalue weighted by molar-refractivity contribution is 9.11. The first-order valence-corrected chi connectivity index (χ1v) is 7.63. The molecular weight excluding hydrogens is 329 g/mol. The lowest BCUT2D eigenvalue weighted by Crippen LogP contribution is -2.22. The molecule has 5 heteroatoms. The number of benzene rings is 1. The minimum absolute atomic E-state index is 0.140. The van der Waals surface area contributed by atoms with Crippen LogP contribution in [0.1, 0.15) is 24.1 Å². The van der Waals surface area contributed by atoms with Gasteiger partial charge in [0.2, 0.25) is 0 Å². The zero-order valence-electron chi connectivity index (χ0n) is 10.7. The number of thiophene rings is 1. The van der Waals surface area contributed by atoms with E-state index in [-0.39, 0.29) is 11.9 Å². The summed E-state index contributed by atoms with van der Waals surface area (Å²) in [4.78, 5) is 0. The second-order valence-electron chi connectivity index (χ2n) is 4.06. The molecule has 1 atom stereocenters. The van der Waals surface area contributed by atoms with Gasteiger partial charge >= 0.3 is 0 Å². The van der Waals surface area contributed by atoms with E-state index >= 15 is 0 Å². The molecule has 2 aromatic rings. The van der Waals surface area contributed by atoms with E-state index in [4.69, 9.17) is 4.74 Å². The van der Waals surface area contributed by atoms with Crippen LogP contribution in [-0.4, -0.2) is 13.7 Å². The quantitative estimate of drug-likeness (QED) is 0.870. The number of halogens is 2. The molecule has 0 bridgehead atoms. The summed E-state index contributed by atoms with van der Waals surface area (Å²) in [6.07, 6.45) is 0. The molecule has 0 saturated carbocycles. The van der Waals surface area contributed by atoms with Crippen LogP contribution >= 0.6 is 27.3 Å². The smallest absolute Gasteiger partial charge is 0.132 e. The number of methoxy groups -OCH3 is 1. The van der Waals surface area contributed by atoms with Gasteiger partial charge in [0, 0.05) is 11.6 Å². The third-order valence-electron chi connectivity index (χ3n) is 2.85. The molecule has 0 saturated heterocycles. The van der Waals surface area contributed by atoms with Gasteiger partial charge in [0.05, 0.1) is 16.9 Å². The van der Waals surface area contributed by atoms with Crippen molar-refractivity contribution in [1.29, 1.82) is 0 Å². The number of nitrogens with one attached hydrogen (secondary N) is 1. The molecule has 0 aliphatic rings. The molecule has 2 nitrogen and oxygen atoms in total. The summed E-state index contributed by atoms with van der Waals surface area (Å²) in [5, 5.41) is 5.34. The maximum atomic E-state index is 14.2. The van der Waals surface area contributed by atoms with Gasteiger partial charge in [-0.25, -0.2) is 4.39 Å². The normalized spacial score (nSPS) is 12.4. The molecule has 1 N–H and O–H groups in total. The van der Waals surface area contributed by atoms with Crippen molar-refractivity contribution in [2.24, 2.45) is 0 Å². The zero-order chi connectivity index (χ0) is 13.8. The first-order valence-electron chi connectivity index (χ1n) is 5.96. The second-order valence-corrected chi connectivity index (χ2v) is 6.35. The molecule has 0 amide bonds. The van der Waals surface area contributed by atoms with Crippen molar-refractivity contribution in [3.8, 4) is 5.75 Å². The average Bonchev–Trinajstić information content (AvgIpc) is 2.83. The highest BCUT2D eigenvalue weighted by Crippen LogP contribution is 2.31. The van der Waals surface area contributed by atoms with E-state index in [9.17, 15) is 4.39 Å². The number of hydrogen-bond acceptors (Lipinski definition) is 3. The fourth-order valence-corrected chi connectivity index (χ4v) is 3.16. The molecule has 1 heterocycles. The van der Waals surface area contributed by atoms with Gasteiger partial charge in [-0.05, 0) is 45.6 Å². The van der Waals surface area contributed by atoms with E-state index < -0.39 is 0 Å². The van der Waals surface area contributed by atoms with Gasteiger partial charge in [-0.2, -0.15) is 0 Å². The molecule has 0 aliphatic carbocycles. The Balaban J connectivity index is 2.39. The summed E-state index contributed by atoms with van der Waals surface area (Å²) in [6.45, 7) is 2.78. The number of hydrogen-bond donors (Lipinski definition) is 1. The number of rotatable bonds is 5. The monoisotopic (exact) mass is 343 g/mol. The Labute approximate surface area is 124 Å². The Kier molecular flexibility index (Phi) is 4.96. The summed E-state index contributed by atoms with van der Waals surface area (Å²) < 4.78 is 20.2. The Morgan fingerprint density at radius 3 is 2.74 bits per heavy atom. The van der Waals surface area contributed by atoms with Crippen molar-refractivity contribution < 1.29 is 9.13 Å². The van der Waals surface area contributed by atoms with E-state index in [1.54, 1.807) is 23.5 Å². The van der Waals surface area contributed by atoms with Gasteiger partial charge < -0.3 is 10.1 Å². The van der Waals surface area contributed by atoms with Gasteiger partial charge in [0.15, 0.2) is 0 Å². The first kappa shape index (κ1) is 14.5. The van der Waals surface area contributed by atoms with E-state index in [1.165, 1.54) is 13.2 Å². The summed E-state index contributed by atoms with van der Waals surface area (Å²) >= 11 is 5.04. The highest BCUT2D eigenvalue weighted by Gasteiger charge is 2.18. The van der Waals surface area contributed by atoms with Crippen LogP contribution in [0.4, 0.5) is 4.39 Å². The van der Waals surface area contributed by atoms with Crippen LogP contribution in [0.15, 0.2) is 33.4 Å². The van der Waals surface area contributed by atoms with Crippen LogP contribution in [0.3, 0.4) is 0 Å². The molecule has 2 rings (SSSR count). The van der Waals surface area contributed by atoms with Gasteiger partial charge in [-0.15, -0.1) is 11.3 Å². The molecule has 0 aliphatic heterocycles. The Morgan fingerprint density at radius 2 is 2.21 bits per heavy atom. The molecule has 1 aromatic heterocycles. The molecule has 19 heavy (non-hydrogen) atoms. The van der Waals surface area contributed by atoms with Crippen molar-refractivity contribution in [2.45, 2.75) is 13.0 Å². The summed E-state index contributed by atoms with van der Waals surface area (Å²) in [7, 11) is 1.53. The third-order valence-corrected chi connectivity index (χ3v) is 4.37. The molecule has 1 unspecified atom stereocenters. The fraction of sp³-hybridized carbons (Fsp3) is 0.286. The molecule has 0 radical (unpaired) electrons. The van der Waals surface area contributed by atoms with E-state index in [1.807, 2.05) is 18.4 Å². The first-order chi connectivity index (χ1) is 9.15. The Morgan fingerprint density at radius 1 is 1.42 bits per heavy atom. The summed E-state index contributed by atoms with van der Waals surface area (Å²) in [5.74, 6) is 0.274. The van der Waals surface area contributed by atoms with Crippen LogP contribution in [0.5, 0.6) is 5.75 Å². The van der Waals surface area contributed by atoms with E-state index in [0.29, 0.717) is 11.3 Å². The van der Waals surface area contributed by atoms with Crippen molar-refractivity contribution >= 4 is 27.3 Å². The molecular formula is C14H15BrFNOS. The average molecular weight is 344 g/mol. The van der Waals surface area contributed by atoms with Crippen molar-refractivity contribution in [3.63, 3.8) is 0 Å². The SMILES string of the molecule is CCNC(c1csc(Br)c1)c1ccc(OC)cc1F. The lowest BCUT2D eigenvalue weighted by Gasteiger charge is -2.18. The van der Waals surface area contributed by atoms with Crippen LogP contribution in [0.2, 0.25) is 0 Å². The molecule has 0 fully saturated rings. The molecule has 0 spiro atoms. The van der Waals surface area contributed by atoms with Crippen LogP contribution in [0.25, 0.3) is 0 Å². The Bertz CT molecular complexity index is 558. The zero-order valence-corrected chi connectivity index (χ0v) is 13.1. The topological polar surface area (TPSA) is 21.3 Å². The number of ether oxygens (including phenoxy) is 1. The van der Waals surface area contributed by atoms with Gasteiger partial charge in [-0.1, -0.05) is 13.0 Å². The maximum Gasteiger partial charge on any atom is 0.132 e. The van der Waals surface area contributed by atoms with Crippen LogP contribution in [0, 0.1) is 5.82 Å². The molecule has 102 valence electrons. The minimum atomic E-state index is -0.257. The van der Waals surface area contributed by atoms with E-state index in [0.717, 1.165) is 15.9 Å². The third kappa shape index (κ3) is 3.35. The van der Waals surface area contributed by atoms with Gasteiger partial charge in [0.1, 0.15) is 11.6 Å². The van der Waals surface area contributed by atoms with Crippen LogP contribution in [-0.2, 0) is 0 Å². The lowest BCUT2D eigenvalue weighted by atomic mass is 10.0. The Hall–Kier alpha value is -0.910. The predicted molar refractivity (Wildman–Crippen MR) is 80.5 cm³/mol. The van der Waals surface area contributed by atoms with Gasteiger partial charge in [-0.3, -0.25) is 0 Å². The predicted octanol–water partition coefficient (Wildman–Crippen LogP) is 4.36. The lowest BCUT2D eigenvalue weighted by molar-refractivity contribution is 0.410. The summed E-state index contributed by atoms with van der Waals surface area (Å²) in [6, 6.07) is 6.85. The maximum absolute atomic E-state index is 14.2. The second kappa shape index (κ2) is 6.50. The summed E-state index contributed by atoms with van der Waals surface area (Å²) in [5.41, 5.74) is 1.69. The standard InChI is InChI=1S/C14H15BrFNOS/c1-3-17-14(9-6-13(15)19-8-9)11-5-4-10(18-2)7-12(11)16/h4-8,14,17H,3H2,1-2H3.